The molecule has 0 aromatic heterocycles. The second-order valence-electron chi connectivity index (χ2n) is 19.9. The number of carbonyl (C=O) groups is 3. The van der Waals surface area contributed by atoms with Gasteiger partial charge in [0, 0.05) is 19.3 Å². The van der Waals surface area contributed by atoms with Crippen LogP contribution in [0.4, 0.5) is 0 Å². The minimum atomic E-state index is -0.765. The maximum atomic E-state index is 12.8. The zero-order valence-electron chi connectivity index (χ0n) is 45.4. The normalized spacial score (nSPS) is 12.3. The fourth-order valence-electron chi connectivity index (χ4n) is 8.67. The van der Waals surface area contributed by atoms with Gasteiger partial charge in [0.15, 0.2) is 6.10 Å². The van der Waals surface area contributed by atoms with Crippen molar-refractivity contribution in [3.63, 3.8) is 0 Å². The van der Waals surface area contributed by atoms with E-state index in [0.717, 1.165) is 83.5 Å². The van der Waals surface area contributed by atoms with Crippen molar-refractivity contribution < 1.29 is 28.6 Å². The third-order valence-electron chi connectivity index (χ3n) is 13.1. The Morgan fingerprint density at radius 1 is 0.309 bits per heavy atom. The van der Waals surface area contributed by atoms with Gasteiger partial charge >= 0.3 is 17.9 Å². The smallest absolute Gasteiger partial charge is 0.306 e. The van der Waals surface area contributed by atoms with E-state index in [1.165, 1.54) is 186 Å². The van der Waals surface area contributed by atoms with E-state index in [1.54, 1.807) is 0 Å². The minimum absolute atomic E-state index is 0.0670. The highest BCUT2D eigenvalue weighted by Crippen LogP contribution is 2.17. The molecule has 0 aromatic rings. The Morgan fingerprint density at radius 3 is 0.897 bits per heavy atom. The lowest BCUT2D eigenvalue weighted by atomic mass is 10.0. The van der Waals surface area contributed by atoms with Crippen molar-refractivity contribution in [3.8, 4) is 0 Å². The molecule has 0 aliphatic heterocycles. The molecule has 1 unspecified atom stereocenters. The summed E-state index contributed by atoms with van der Waals surface area (Å²) in [5, 5.41) is 0. The Morgan fingerprint density at radius 2 is 0.574 bits per heavy atom. The van der Waals surface area contributed by atoms with E-state index in [-0.39, 0.29) is 31.1 Å². The highest BCUT2D eigenvalue weighted by molar-refractivity contribution is 5.71. The number of carbonyl (C=O) groups excluding carboxylic acids is 3. The fraction of sp³-hybridized carbons (Fsp3) is 0.823. The Balaban J connectivity index is 4.06. The Bertz CT molecular complexity index is 1190. The van der Waals surface area contributed by atoms with Crippen molar-refractivity contribution in [1.82, 2.24) is 0 Å². The minimum Gasteiger partial charge on any atom is -0.462 e. The van der Waals surface area contributed by atoms with Crippen molar-refractivity contribution in [2.45, 2.75) is 316 Å². The zero-order valence-corrected chi connectivity index (χ0v) is 45.4. The van der Waals surface area contributed by atoms with E-state index in [9.17, 15) is 14.4 Å². The van der Waals surface area contributed by atoms with E-state index in [1.807, 2.05) is 0 Å². The summed E-state index contributed by atoms with van der Waals surface area (Å²) in [7, 11) is 0. The molecule has 1 atom stereocenters. The average molecular weight is 954 g/mol. The lowest BCUT2D eigenvalue weighted by Gasteiger charge is -2.18. The van der Waals surface area contributed by atoms with Gasteiger partial charge in [-0.15, -0.1) is 0 Å². The predicted molar refractivity (Wildman–Crippen MR) is 293 cm³/mol. The number of unbranched alkanes of at least 4 members (excludes halogenated alkanes) is 35. The van der Waals surface area contributed by atoms with Gasteiger partial charge < -0.3 is 14.2 Å². The van der Waals surface area contributed by atoms with Crippen LogP contribution < -0.4 is 0 Å². The molecule has 68 heavy (non-hydrogen) atoms. The number of rotatable bonds is 54. The van der Waals surface area contributed by atoms with Crippen LogP contribution in [0.2, 0.25) is 0 Å². The van der Waals surface area contributed by atoms with Crippen molar-refractivity contribution in [2.24, 2.45) is 0 Å². The van der Waals surface area contributed by atoms with Crippen molar-refractivity contribution in [3.05, 3.63) is 48.6 Å². The first-order valence-electron chi connectivity index (χ1n) is 29.6. The first kappa shape index (κ1) is 65.4. The summed E-state index contributed by atoms with van der Waals surface area (Å²) >= 11 is 0. The maximum absolute atomic E-state index is 12.8. The number of esters is 3. The topological polar surface area (TPSA) is 78.9 Å². The molecule has 0 fully saturated rings. The third kappa shape index (κ3) is 54.3. The number of hydrogen-bond donors (Lipinski definition) is 0. The summed E-state index contributed by atoms with van der Waals surface area (Å²) < 4.78 is 16.8. The van der Waals surface area contributed by atoms with Crippen molar-refractivity contribution in [1.29, 1.82) is 0 Å². The molecule has 0 aliphatic rings. The van der Waals surface area contributed by atoms with Gasteiger partial charge in [-0.2, -0.15) is 0 Å². The van der Waals surface area contributed by atoms with E-state index in [2.05, 4.69) is 69.4 Å². The van der Waals surface area contributed by atoms with Gasteiger partial charge in [0.25, 0.3) is 0 Å². The van der Waals surface area contributed by atoms with E-state index in [4.69, 9.17) is 14.2 Å². The van der Waals surface area contributed by atoms with Crippen LogP contribution in [-0.2, 0) is 28.6 Å². The van der Waals surface area contributed by atoms with Crippen LogP contribution in [0.25, 0.3) is 0 Å². The first-order chi connectivity index (χ1) is 33.5. The van der Waals surface area contributed by atoms with Crippen LogP contribution >= 0.6 is 0 Å². The quantitative estimate of drug-likeness (QED) is 0.0262. The number of ether oxygens (including phenoxy) is 3. The van der Waals surface area contributed by atoms with E-state index >= 15 is 0 Å². The molecule has 6 heteroatoms. The summed E-state index contributed by atoms with van der Waals surface area (Å²) in [6, 6.07) is 0. The lowest BCUT2D eigenvalue weighted by Crippen LogP contribution is -2.30. The van der Waals surface area contributed by atoms with Gasteiger partial charge in [-0.05, 0) is 57.8 Å². The Kier molecular flexibility index (Phi) is 54.8. The third-order valence-corrected chi connectivity index (χ3v) is 13.1. The molecule has 0 spiro atoms. The molecule has 0 amide bonds. The highest BCUT2D eigenvalue weighted by atomic mass is 16.6. The number of hydrogen-bond acceptors (Lipinski definition) is 6. The van der Waals surface area contributed by atoms with E-state index in [0.29, 0.717) is 19.3 Å². The monoisotopic (exact) mass is 953 g/mol. The maximum Gasteiger partial charge on any atom is 0.306 e. The largest absolute Gasteiger partial charge is 0.462 e. The van der Waals surface area contributed by atoms with Gasteiger partial charge in [-0.3, -0.25) is 14.4 Å². The molecular weight excluding hydrogens is 841 g/mol. The van der Waals surface area contributed by atoms with Crippen LogP contribution in [0.1, 0.15) is 310 Å². The molecule has 6 nitrogen and oxygen atoms in total. The zero-order chi connectivity index (χ0) is 49.3. The van der Waals surface area contributed by atoms with Crippen LogP contribution in [0.5, 0.6) is 0 Å². The predicted octanol–water partition coefficient (Wildman–Crippen LogP) is 19.8. The Hall–Kier alpha value is -2.63. The summed E-state index contributed by atoms with van der Waals surface area (Å²) in [6.45, 7) is 6.54. The Labute approximate surface area is 422 Å². The van der Waals surface area contributed by atoms with Crippen LogP contribution in [0.15, 0.2) is 48.6 Å². The molecule has 0 saturated heterocycles. The summed E-state index contributed by atoms with van der Waals surface area (Å²) in [5.74, 6) is -0.854. The van der Waals surface area contributed by atoms with Gasteiger partial charge in [0.05, 0.1) is 0 Å². The van der Waals surface area contributed by atoms with Crippen LogP contribution in [-0.4, -0.2) is 37.2 Å². The molecule has 0 saturated carbocycles. The number of allylic oxidation sites excluding steroid dienone is 8. The lowest BCUT2D eigenvalue weighted by molar-refractivity contribution is -0.167. The second kappa shape index (κ2) is 57.0. The molecule has 0 rings (SSSR count). The summed E-state index contributed by atoms with van der Waals surface area (Å²) in [4.78, 5) is 38.0. The fourth-order valence-corrected chi connectivity index (χ4v) is 8.67. The van der Waals surface area contributed by atoms with Crippen LogP contribution in [0.3, 0.4) is 0 Å². The second-order valence-corrected chi connectivity index (χ2v) is 19.9. The van der Waals surface area contributed by atoms with Gasteiger partial charge in [-0.1, -0.05) is 281 Å². The van der Waals surface area contributed by atoms with Crippen LogP contribution in [0, 0.1) is 0 Å². The molecule has 0 aromatic carbocycles. The first-order valence-corrected chi connectivity index (χ1v) is 29.6. The molecule has 0 bridgehead atoms. The molecule has 396 valence electrons. The standard InChI is InChI=1S/C62H112O6/c1-4-7-10-13-16-19-22-23-24-25-26-27-28-29-30-31-32-33-34-35-36-37-38-39-41-43-46-49-52-55-61(64)67-58-59(57-66-60(63)54-51-48-45-42-21-18-15-12-9-6-3)68-62(65)56-53-50-47-44-40-20-17-14-11-8-5-2/h7,10,16,19,23-24,26-27,59H,4-6,8-9,11-15,17-18,20-22,25,28-58H2,1-3H3/b10-7-,19-16-,24-23-,27-26-. The molecule has 0 aliphatic carbocycles. The average Bonchev–Trinajstić information content (AvgIpc) is 3.34. The highest BCUT2D eigenvalue weighted by Gasteiger charge is 2.19. The van der Waals surface area contributed by atoms with Gasteiger partial charge in [0.1, 0.15) is 13.2 Å². The summed E-state index contributed by atoms with van der Waals surface area (Å²) in [6.07, 6.45) is 69.8. The summed E-state index contributed by atoms with van der Waals surface area (Å²) in [5.41, 5.74) is 0. The van der Waals surface area contributed by atoms with Gasteiger partial charge in [0.2, 0.25) is 0 Å². The van der Waals surface area contributed by atoms with E-state index < -0.39 is 6.10 Å². The van der Waals surface area contributed by atoms with Crippen molar-refractivity contribution >= 4 is 17.9 Å². The SMILES string of the molecule is CC/C=C\C/C=C\C/C=C\C/C=C\CCCCCCCCCCCCCCCCCCC(=O)OCC(COC(=O)CCCCCCCCCCCC)OC(=O)CCCCCCCCCCCCC. The molecule has 0 heterocycles. The molecule has 0 N–H and O–H groups in total. The van der Waals surface area contributed by atoms with Gasteiger partial charge in [-0.25, -0.2) is 0 Å². The van der Waals surface area contributed by atoms with Crippen molar-refractivity contribution in [2.75, 3.05) is 13.2 Å². The molecular formula is C62H112O6. The molecule has 0 radical (unpaired) electrons.